The lowest BCUT2D eigenvalue weighted by molar-refractivity contribution is -0.137. The van der Waals surface area contributed by atoms with Crippen molar-refractivity contribution in [3.63, 3.8) is 0 Å². The van der Waals surface area contributed by atoms with Crippen molar-refractivity contribution in [3.8, 4) is 5.75 Å². The topological polar surface area (TPSA) is 83.8 Å². The number of phenols is 1. The molecule has 1 heterocycles. The van der Waals surface area contributed by atoms with E-state index in [1.165, 1.54) is 5.57 Å². The fourth-order valence-corrected chi connectivity index (χ4v) is 4.53. The van der Waals surface area contributed by atoms with Gasteiger partial charge in [0.15, 0.2) is 0 Å². The van der Waals surface area contributed by atoms with Crippen molar-refractivity contribution < 1.29 is 24.5 Å². The van der Waals surface area contributed by atoms with Gasteiger partial charge in [0.1, 0.15) is 17.9 Å². The zero-order chi connectivity index (χ0) is 19.2. The molecular weight excluding hydrogens is 332 g/mol. The van der Waals surface area contributed by atoms with Crippen molar-refractivity contribution in [1.29, 1.82) is 0 Å². The Bertz CT molecular complexity index is 816. The normalized spacial score (nSPS) is 19.3. The van der Waals surface area contributed by atoms with E-state index in [2.05, 4.69) is 13.8 Å². The highest BCUT2D eigenvalue weighted by Crippen LogP contribution is 2.43. The van der Waals surface area contributed by atoms with Crippen LogP contribution < -0.4 is 0 Å². The van der Waals surface area contributed by atoms with Gasteiger partial charge in [0, 0.05) is 11.1 Å². The van der Waals surface area contributed by atoms with Crippen LogP contribution in [0.4, 0.5) is 0 Å². The molecule has 5 nitrogen and oxygen atoms in total. The van der Waals surface area contributed by atoms with Gasteiger partial charge in [-0.2, -0.15) is 0 Å². The second kappa shape index (κ2) is 6.78. The van der Waals surface area contributed by atoms with Crippen LogP contribution in [0.25, 0.3) is 0 Å². The predicted octanol–water partition coefficient (Wildman–Crippen LogP) is 4.24. The molecule has 1 aromatic carbocycles. The Kier molecular flexibility index (Phi) is 4.82. The number of hydrogen-bond donors (Lipinski definition) is 2. The molecule has 3 rings (SSSR count). The van der Waals surface area contributed by atoms with E-state index in [0.717, 1.165) is 40.7 Å². The molecule has 26 heavy (non-hydrogen) atoms. The van der Waals surface area contributed by atoms with E-state index in [0.29, 0.717) is 12.0 Å². The average Bonchev–Trinajstić information content (AvgIpc) is 3.09. The summed E-state index contributed by atoms with van der Waals surface area (Å²) in [6, 6.07) is 0. The molecular formula is C21H26O5. The Balaban J connectivity index is 2.07. The Labute approximate surface area is 153 Å². The molecule has 0 saturated heterocycles. The first kappa shape index (κ1) is 18.5. The Morgan fingerprint density at radius 2 is 2.00 bits per heavy atom. The number of esters is 1. The van der Waals surface area contributed by atoms with Gasteiger partial charge in [0.05, 0.1) is 6.42 Å². The Morgan fingerprint density at radius 3 is 2.62 bits per heavy atom. The first-order valence-corrected chi connectivity index (χ1v) is 9.16. The number of fused-ring (bicyclic) bond motifs is 1. The zero-order valence-corrected chi connectivity index (χ0v) is 15.8. The van der Waals surface area contributed by atoms with Crippen molar-refractivity contribution in [2.45, 2.75) is 65.9 Å². The molecule has 2 aliphatic rings. The molecule has 5 heteroatoms. The van der Waals surface area contributed by atoms with Crippen LogP contribution in [0.15, 0.2) is 11.1 Å². The van der Waals surface area contributed by atoms with Crippen molar-refractivity contribution >= 4 is 11.9 Å². The van der Waals surface area contributed by atoms with Gasteiger partial charge >= 0.3 is 11.9 Å². The number of benzene rings is 1. The molecule has 140 valence electrons. The number of cyclic esters (lactones) is 1. The average molecular weight is 358 g/mol. The summed E-state index contributed by atoms with van der Waals surface area (Å²) < 4.78 is 5.15. The Morgan fingerprint density at radius 1 is 1.31 bits per heavy atom. The monoisotopic (exact) mass is 358 g/mol. The van der Waals surface area contributed by atoms with Crippen molar-refractivity contribution in [2.24, 2.45) is 5.92 Å². The van der Waals surface area contributed by atoms with Crippen LogP contribution in [0.1, 0.15) is 78.6 Å². The van der Waals surface area contributed by atoms with Crippen LogP contribution in [0.5, 0.6) is 5.75 Å². The molecule has 0 unspecified atom stereocenters. The number of carboxylic acids is 1. The number of rotatable bonds is 5. The Hall–Kier alpha value is -2.30. The summed E-state index contributed by atoms with van der Waals surface area (Å²) in [7, 11) is 0. The molecule has 0 amide bonds. The standard InChI is InChI=1S/C21H26O5/c1-10(2)18-12(4)16-9-26-21(25)19(16)20(24)15(18)7-13-5-6-14(11(13)3)8-17(22)23/h10,14,24H,5-9H2,1-4H3,(H,22,23)/t14-/m0/s1. The van der Waals surface area contributed by atoms with E-state index < -0.39 is 11.9 Å². The highest BCUT2D eigenvalue weighted by Gasteiger charge is 2.33. The molecule has 0 radical (unpaired) electrons. The highest BCUT2D eigenvalue weighted by atomic mass is 16.5. The minimum Gasteiger partial charge on any atom is -0.507 e. The minimum atomic E-state index is -0.780. The van der Waals surface area contributed by atoms with E-state index in [4.69, 9.17) is 9.84 Å². The third-order valence-electron chi connectivity index (χ3n) is 5.91. The summed E-state index contributed by atoms with van der Waals surface area (Å²) >= 11 is 0. The van der Waals surface area contributed by atoms with E-state index in [1.54, 1.807) is 0 Å². The zero-order valence-electron chi connectivity index (χ0n) is 15.8. The van der Waals surface area contributed by atoms with E-state index >= 15 is 0 Å². The molecule has 0 fully saturated rings. The molecule has 1 aromatic rings. The lowest BCUT2D eigenvalue weighted by atomic mass is 9.83. The van der Waals surface area contributed by atoms with Gasteiger partial charge in [0.25, 0.3) is 0 Å². The lowest BCUT2D eigenvalue weighted by Crippen LogP contribution is -2.08. The number of allylic oxidation sites excluding steroid dienone is 2. The van der Waals surface area contributed by atoms with E-state index in [1.807, 2.05) is 13.8 Å². The maximum atomic E-state index is 12.1. The smallest absolute Gasteiger partial charge is 0.342 e. The van der Waals surface area contributed by atoms with Crippen molar-refractivity contribution in [1.82, 2.24) is 0 Å². The van der Waals surface area contributed by atoms with E-state index in [9.17, 15) is 14.7 Å². The van der Waals surface area contributed by atoms with Gasteiger partial charge in [-0.1, -0.05) is 25.0 Å². The molecule has 0 bridgehead atoms. The fraction of sp³-hybridized carbons (Fsp3) is 0.524. The second-order valence-corrected chi connectivity index (χ2v) is 7.75. The maximum Gasteiger partial charge on any atom is 0.342 e. The molecule has 1 aliphatic heterocycles. The fourth-order valence-electron chi connectivity index (χ4n) is 4.53. The van der Waals surface area contributed by atoms with Crippen LogP contribution >= 0.6 is 0 Å². The molecule has 1 aliphatic carbocycles. The number of hydrogen-bond acceptors (Lipinski definition) is 4. The van der Waals surface area contributed by atoms with E-state index in [-0.39, 0.29) is 30.6 Å². The largest absolute Gasteiger partial charge is 0.507 e. The highest BCUT2D eigenvalue weighted by molar-refractivity contribution is 5.97. The van der Waals surface area contributed by atoms with Crippen LogP contribution in [0.3, 0.4) is 0 Å². The van der Waals surface area contributed by atoms with Crippen molar-refractivity contribution in [3.05, 3.63) is 39.0 Å². The molecule has 0 saturated carbocycles. The van der Waals surface area contributed by atoms with Crippen molar-refractivity contribution in [2.75, 3.05) is 0 Å². The minimum absolute atomic E-state index is 0.0405. The number of aliphatic carboxylic acids is 1. The quantitative estimate of drug-likeness (QED) is 0.607. The molecule has 2 N–H and O–H groups in total. The first-order valence-electron chi connectivity index (χ1n) is 9.16. The summed E-state index contributed by atoms with van der Waals surface area (Å²) in [5.74, 6) is -0.934. The van der Waals surface area contributed by atoms with Crippen LogP contribution in [0.2, 0.25) is 0 Å². The van der Waals surface area contributed by atoms with Crippen LogP contribution in [-0.2, 0) is 22.6 Å². The maximum absolute atomic E-state index is 12.1. The number of phenolic OH excluding ortho intramolecular Hbond substituents is 1. The summed E-state index contributed by atoms with van der Waals surface area (Å²) in [5.41, 5.74) is 6.27. The number of carboxylic acid groups (broad SMARTS) is 1. The van der Waals surface area contributed by atoms with Gasteiger partial charge in [-0.15, -0.1) is 0 Å². The molecule has 0 aromatic heterocycles. The predicted molar refractivity (Wildman–Crippen MR) is 97.4 cm³/mol. The number of ether oxygens (including phenoxy) is 1. The third-order valence-corrected chi connectivity index (χ3v) is 5.91. The van der Waals surface area contributed by atoms with Gasteiger partial charge in [0.2, 0.25) is 0 Å². The first-order chi connectivity index (χ1) is 12.2. The third kappa shape index (κ3) is 3.00. The summed E-state index contributed by atoms with van der Waals surface area (Å²) in [4.78, 5) is 23.1. The van der Waals surface area contributed by atoms with Gasteiger partial charge in [-0.3, -0.25) is 4.79 Å². The van der Waals surface area contributed by atoms with Gasteiger partial charge in [-0.05, 0) is 56.1 Å². The SMILES string of the molecule is CC1=C(Cc2c(O)c3c(c(C)c2C(C)C)COC3=O)CC[C@H]1CC(=O)O. The summed E-state index contributed by atoms with van der Waals surface area (Å²) in [6.45, 7) is 8.37. The second-order valence-electron chi connectivity index (χ2n) is 7.75. The molecule has 1 atom stereocenters. The van der Waals surface area contributed by atoms with Gasteiger partial charge < -0.3 is 14.9 Å². The van der Waals surface area contributed by atoms with Crippen LogP contribution in [0, 0.1) is 12.8 Å². The number of carbonyl (C=O) groups is 2. The summed E-state index contributed by atoms with van der Waals surface area (Å²) in [6.07, 6.45) is 2.37. The summed E-state index contributed by atoms with van der Waals surface area (Å²) in [5, 5.41) is 20.0. The number of aromatic hydroxyl groups is 1. The lowest BCUT2D eigenvalue weighted by Gasteiger charge is -2.21. The van der Waals surface area contributed by atoms with Gasteiger partial charge in [-0.25, -0.2) is 4.79 Å². The molecule has 0 spiro atoms. The number of carbonyl (C=O) groups excluding carboxylic acids is 1. The van der Waals surface area contributed by atoms with Crippen LogP contribution in [-0.4, -0.2) is 22.2 Å².